The Hall–Kier alpha value is -2.22. The van der Waals surface area contributed by atoms with E-state index in [1.165, 1.54) is 19.2 Å². The van der Waals surface area contributed by atoms with Crippen molar-refractivity contribution in [1.29, 1.82) is 0 Å². The van der Waals surface area contributed by atoms with Crippen molar-refractivity contribution in [3.05, 3.63) is 53.2 Å². The molecule has 0 aliphatic heterocycles. The van der Waals surface area contributed by atoms with Crippen molar-refractivity contribution in [2.24, 2.45) is 7.05 Å². The van der Waals surface area contributed by atoms with Crippen LogP contribution in [0.15, 0.2) is 47.5 Å². The Morgan fingerprint density at radius 3 is 2.58 bits per heavy atom. The van der Waals surface area contributed by atoms with Gasteiger partial charge >= 0.3 is 0 Å². The summed E-state index contributed by atoms with van der Waals surface area (Å²) in [5.41, 5.74) is 1.83. The molecule has 8 heteroatoms. The average molecular weight is 395 g/mol. The molecule has 26 heavy (non-hydrogen) atoms. The molecule has 1 aromatic heterocycles. The third-order valence-electron chi connectivity index (χ3n) is 4.15. The van der Waals surface area contributed by atoms with Crippen LogP contribution in [0.25, 0.3) is 10.9 Å². The second-order valence-electron chi connectivity index (χ2n) is 5.77. The van der Waals surface area contributed by atoms with Crippen LogP contribution in [0.4, 0.5) is 0 Å². The molecule has 0 saturated heterocycles. The molecule has 1 N–H and O–H groups in total. The van der Waals surface area contributed by atoms with E-state index in [0.29, 0.717) is 10.8 Å². The monoisotopic (exact) mass is 394 g/mol. The standard InChI is InChI=1S/C18H19ClN2O4S/c1-21-11-12(15-9-14(24-2)5-6-16(15)21)10-20-26(22,23)18-8-13(19)4-7-17(18)25-3/h4-9,11,20H,10H2,1-3H3. The van der Waals surface area contributed by atoms with Crippen molar-refractivity contribution in [3.8, 4) is 11.5 Å². The number of methoxy groups -OCH3 is 2. The van der Waals surface area contributed by atoms with Crippen LogP contribution in [0.2, 0.25) is 5.02 Å². The third kappa shape index (κ3) is 3.51. The lowest BCUT2D eigenvalue weighted by Crippen LogP contribution is -2.23. The van der Waals surface area contributed by atoms with Gasteiger partial charge in [-0.3, -0.25) is 0 Å². The van der Waals surface area contributed by atoms with E-state index in [-0.39, 0.29) is 17.2 Å². The lowest BCUT2D eigenvalue weighted by atomic mass is 10.1. The summed E-state index contributed by atoms with van der Waals surface area (Å²) in [6, 6.07) is 10.2. The predicted octanol–water partition coefficient (Wildman–Crippen LogP) is 3.33. The van der Waals surface area contributed by atoms with E-state index in [9.17, 15) is 8.42 Å². The van der Waals surface area contributed by atoms with Crippen LogP contribution < -0.4 is 14.2 Å². The van der Waals surface area contributed by atoms with Gasteiger partial charge in [0.2, 0.25) is 10.0 Å². The maximum Gasteiger partial charge on any atom is 0.244 e. The predicted molar refractivity (Wildman–Crippen MR) is 102 cm³/mol. The molecule has 0 spiro atoms. The number of sulfonamides is 1. The molecule has 3 rings (SSSR count). The van der Waals surface area contributed by atoms with Gasteiger partial charge in [0, 0.05) is 35.7 Å². The highest BCUT2D eigenvalue weighted by molar-refractivity contribution is 7.89. The SMILES string of the molecule is COc1ccc2c(c1)c(CNS(=O)(=O)c1cc(Cl)ccc1OC)cn2C. The average Bonchev–Trinajstić information content (AvgIpc) is 2.95. The second-order valence-corrected chi connectivity index (χ2v) is 7.94. The quantitative estimate of drug-likeness (QED) is 0.696. The summed E-state index contributed by atoms with van der Waals surface area (Å²) >= 11 is 5.95. The largest absolute Gasteiger partial charge is 0.497 e. The Morgan fingerprint density at radius 1 is 1.12 bits per heavy atom. The van der Waals surface area contributed by atoms with Crippen molar-refractivity contribution >= 4 is 32.5 Å². The highest BCUT2D eigenvalue weighted by Crippen LogP contribution is 2.28. The highest BCUT2D eigenvalue weighted by atomic mass is 35.5. The van der Waals surface area contributed by atoms with Gasteiger partial charge in [-0.05, 0) is 42.0 Å². The summed E-state index contributed by atoms with van der Waals surface area (Å²) < 4.78 is 40.4. The summed E-state index contributed by atoms with van der Waals surface area (Å²) in [5.74, 6) is 0.950. The van der Waals surface area contributed by atoms with Gasteiger partial charge in [-0.15, -0.1) is 0 Å². The summed E-state index contributed by atoms with van der Waals surface area (Å²) in [4.78, 5) is 0.00492. The van der Waals surface area contributed by atoms with E-state index in [1.807, 2.05) is 36.0 Å². The molecule has 3 aromatic rings. The molecule has 2 aromatic carbocycles. The number of nitrogens with one attached hydrogen (secondary N) is 1. The third-order valence-corrected chi connectivity index (χ3v) is 5.80. The van der Waals surface area contributed by atoms with Gasteiger partial charge in [0.25, 0.3) is 0 Å². The topological polar surface area (TPSA) is 69.6 Å². The number of aromatic nitrogens is 1. The maximum absolute atomic E-state index is 12.7. The molecule has 0 saturated carbocycles. The zero-order valence-electron chi connectivity index (χ0n) is 14.6. The van der Waals surface area contributed by atoms with Crippen LogP contribution in [0.1, 0.15) is 5.56 Å². The fraction of sp³-hybridized carbons (Fsp3) is 0.222. The van der Waals surface area contributed by atoms with Gasteiger partial charge in [-0.1, -0.05) is 11.6 Å². The van der Waals surface area contributed by atoms with E-state index in [0.717, 1.165) is 16.5 Å². The van der Waals surface area contributed by atoms with Crippen molar-refractivity contribution in [2.75, 3.05) is 14.2 Å². The number of benzene rings is 2. The van der Waals surface area contributed by atoms with Crippen LogP contribution >= 0.6 is 11.6 Å². The Morgan fingerprint density at radius 2 is 1.88 bits per heavy atom. The molecular formula is C18H19ClN2O4S. The number of ether oxygens (including phenoxy) is 2. The van der Waals surface area contributed by atoms with Crippen molar-refractivity contribution < 1.29 is 17.9 Å². The lowest BCUT2D eigenvalue weighted by molar-refractivity contribution is 0.402. The van der Waals surface area contributed by atoms with Gasteiger partial charge in [-0.25, -0.2) is 13.1 Å². The minimum Gasteiger partial charge on any atom is -0.497 e. The van der Waals surface area contributed by atoms with Gasteiger partial charge in [-0.2, -0.15) is 0 Å². The second kappa shape index (κ2) is 7.19. The molecule has 1 heterocycles. The normalized spacial score (nSPS) is 11.7. The fourth-order valence-corrected chi connectivity index (χ4v) is 4.27. The first-order valence-corrected chi connectivity index (χ1v) is 9.67. The molecule has 0 atom stereocenters. The number of aryl methyl sites for hydroxylation is 1. The Bertz CT molecular complexity index is 1060. The molecule has 0 amide bonds. The molecule has 0 aliphatic carbocycles. The number of fused-ring (bicyclic) bond motifs is 1. The van der Waals surface area contributed by atoms with E-state index in [4.69, 9.17) is 21.1 Å². The van der Waals surface area contributed by atoms with Crippen LogP contribution in [0.5, 0.6) is 11.5 Å². The fourth-order valence-electron chi connectivity index (χ4n) is 2.83. The van der Waals surface area contributed by atoms with Gasteiger partial charge in [0.15, 0.2) is 0 Å². The molecule has 0 fully saturated rings. The maximum atomic E-state index is 12.7. The zero-order chi connectivity index (χ0) is 18.9. The first-order valence-electron chi connectivity index (χ1n) is 7.81. The number of hydrogen-bond acceptors (Lipinski definition) is 4. The van der Waals surface area contributed by atoms with Crippen molar-refractivity contribution in [2.45, 2.75) is 11.4 Å². The number of halogens is 1. The molecule has 0 unspecified atom stereocenters. The van der Waals surface area contributed by atoms with Crippen LogP contribution in [-0.4, -0.2) is 27.2 Å². The summed E-state index contributed by atoms with van der Waals surface area (Å²) in [6.07, 6.45) is 1.89. The molecular weight excluding hydrogens is 376 g/mol. The summed E-state index contributed by atoms with van der Waals surface area (Å²) in [6.45, 7) is 0.127. The van der Waals surface area contributed by atoms with E-state index in [2.05, 4.69) is 4.72 Å². The van der Waals surface area contributed by atoms with Gasteiger partial charge in [0.05, 0.1) is 14.2 Å². The highest BCUT2D eigenvalue weighted by Gasteiger charge is 2.20. The molecule has 6 nitrogen and oxygen atoms in total. The van der Waals surface area contributed by atoms with Crippen molar-refractivity contribution in [3.63, 3.8) is 0 Å². The molecule has 138 valence electrons. The molecule has 0 radical (unpaired) electrons. The first kappa shape index (κ1) is 18.6. The number of hydrogen-bond donors (Lipinski definition) is 1. The molecule has 0 bridgehead atoms. The van der Waals surface area contributed by atoms with Crippen molar-refractivity contribution in [1.82, 2.24) is 9.29 Å². The Labute approximate surface area is 157 Å². The van der Waals surface area contributed by atoms with Gasteiger partial charge < -0.3 is 14.0 Å². The molecule has 0 aliphatic rings. The first-order chi connectivity index (χ1) is 12.4. The smallest absolute Gasteiger partial charge is 0.244 e. The summed E-state index contributed by atoms with van der Waals surface area (Å²) in [5, 5.41) is 1.24. The van der Waals surface area contributed by atoms with E-state index in [1.54, 1.807) is 13.2 Å². The number of nitrogens with zero attached hydrogens (tertiary/aromatic N) is 1. The minimum atomic E-state index is -3.80. The van der Waals surface area contributed by atoms with Crippen LogP contribution in [0, 0.1) is 0 Å². The number of rotatable bonds is 6. The Balaban J connectivity index is 1.93. The Kier molecular flexibility index (Phi) is 5.13. The van der Waals surface area contributed by atoms with E-state index >= 15 is 0 Å². The van der Waals surface area contributed by atoms with E-state index < -0.39 is 10.0 Å². The summed E-state index contributed by atoms with van der Waals surface area (Å²) in [7, 11) is 1.12. The minimum absolute atomic E-state index is 0.00492. The zero-order valence-corrected chi connectivity index (χ0v) is 16.2. The van der Waals surface area contributed by atoms with Crippen LogP contribution in [-0.2, 0) is 23.6 Å². The lowest BCUT2D eigenvalue weighted by Gasteiger charge is -2.11. The van der Waals surface area contributed by atoms with Crippen LogP contribution in [0.3, 0.4) is 0 Å². The van der Waals surface area contributed by atoms with Gasteiger partial charge in [0.1, 0.15) is 16.4 Å².